The van der Waals surface area contributed by atoms with E-state index in [4.69, 9.17) is 5.73 Å². The van der Waals surface area contributed by atoms with Gasteiger partial charge in [-0.05, 0) is 67.9 Å². The van der Waals surface area contributed by atoms with E-state index in [0.717, 1.165) is 18.2 Å². The molecule has 0 aromatic heterocycles. The molecule has 1 aliphatic heterocycles. The van der Waals surface area contributed by atoms with Crippen molar-refractivity contribution >= 4 is 5.69 Å². The van der Waals surface area contributed by atoms with Gasteiger partial charge >= 0.3 is 0 Å². The predicted molar refractivity (Wildman–Crippen MR) is 72.1 cm³/mol. The summed E-state index contributed by atoms with van der Waals surface area (Å²) in [6.45, 7) is 6.91. The van der Waals surface area contributed by atoms with Crippen molar-refractivity contribution in [2.75, 3.05) is 12.3 Å². The highest BCUT2D eigenvalue weighted by atomic mass is 15.2. The molecule has 92 valence electrons. The van der Waals surface area contributed by atoms with Gasteiger partial charge in [-0.2, -0.15) is 0 Å². The molecule has 2 nitrogen and oxygen atoms in total. The fourth-order valence-electron chi connectivity index (χ4n) is 3.49. The minimum absolute atomic E-state index is 0.634. The Morgan fingerprint density at radius 2 is 2.06 bits per heavy atom. The van der Waals surface area contributed by atoms with Crippen LogP contribution in [0.4, 0.5) is 5.69 Å². The summed E-state index contributed by atoms with van der Waals surface area (Å²) in [5.74, 6) is 0.755. The number of nitrogens with two attached hydrogens (primary N) is 1. The quantitative estimate of drug-likeness (QED) is 0.752. The summed E-state index contributed by atoms with van der Waals surface area (Å²) in [4.78, 5) is 2.58. The number of nitrogens with zero attached hydrogens (tertiary/aromatic N) is 1. The van der Waals surface area contributed by atoms with Crippen LogP contribution in [0.5, 0.6) is 0 Å². The molecule has 2 heteroatoms. The summed E-state index contributed by atoms with van der Waals surface area (Å²) >= 11 is 0. The van der Waals surface area contributed by atoms with Gasteiger partial charge in [0.05, 0.1) is 0 Å². The average molecular weight is 230 g/mol. The van der Waals surface area contributed by atoms with Crippen molar-refractivity contribution in [2.45, 2.75) is 51.6 Å². The fraction of sp³-hybridized carbons (Fsp3) is 0.600. The second-order valence-corrected chi connectivity index (χ2v) is 5.87. The van der Waals surface area contributed by atoms with Gasteiger partial charge in [0, 0.05) is 24.8 Å². The Morgan fingerprint density at radius 3 is 2.82 bits per heavy atom. The Balaban J connectivity index is 2.06. The summed E-state index contributed by atoms with van der Waals surface area (Å²) in [6, 6.07) is 5.04. The number of anilines is 1. The van der Waals surface area contributed by atoms with E-state index >= 15 is 0 Å². The van der Waals surface area contributed by atoms with Crippen LogP contribution in [-0.4, -0.2) is 17.5 Å². The maximum absolute atomic E-state index is 6.03. The highest BCUT2D eigenvalue weighted by Crippen LogP contribution is 2.40. The maximum atomic E-state index is 6.03. The first-order valence-electron chi connectivity index (χ1n) is 6.80. The Morgan fingerprint density at radius 1 is 1.29 bits per heavy atom. The molecule has 2 N–H and O–H groups in total. The highest BCUT2D eigenvalue weighted by molar-refractivity contribution is 5.52. The molecule has 1 aromatic rings. The number of nitrogen functional groups attached to an aromatic ring is 1. The Bertz CT molecular complexity index is 437. The summed E-state index contributed by atoms with van der Waals surface area (Å²) in [7, 11) is 0. The normalized spacial score (nSPS) is 23.8. The minimum atomic E-state index is 0.634. The standard InChI is InChI=1S/C15H22N2/c1-10(2)17-8-12-5-3-4-11-6-14(16)7-13(9-17)15(11)12/h6-7,10,12H,3-5,8-9,16H2,1-2H3/t12-/m0/s1. The second kappa shape index (κ2) is 4.02. The van der Waals surface area contributed by atoms with Gasteiger partial charge in [-0.25, -0.2) is 0 Å². The third kappa shape index (κ3) is 1.85. The average Bonchev–Trinajstić information content (AvgIpc) is 2.28. The van der Waals surface area contributed by atoms with E-state index in [0.29, 0.717) is 6.04 Å². The van der Waals surface area contributed by atoms with E-state index in [-0.39, 0.29) is 0 Å². The summed E-state index contributed by atoms with van der Waals surface area (Å²) < 4.78 is 0. The molecule has 0 amide bonds. The zero-order valence-corrected chi connectivity index (χ0v) is 10.9. The molecule has 0 spiro atoms. The van der Waals surface area contributed by atoms with Gasteiger partial charge < -0.3 is 5.73 Å². The molecule has 17 heavy (non-hydrogen) atoms. The molecule has 2 aliphatic rings. The number of hydrogen-bond donors (Lipinski definition) is 1. The minimum Gasteiger partial charge on any atom is -0.399 e. The lowest BCUT2D eigenvalue weighted by atomic mass is 9.77. The van der Waals surface area contributed by atoms with E-state index in [1.54, 1.807) is 5.56 Å². The molecule has 1 aromatic carbocycles. The van der Waals surface area contributed by atoms with Gasteiger partial charge in [0.1, 0.15) is 0 Å². The van der Waals surface area contributed by atoms with E-state index in [9.17, 15) is 0 Å². The smallest absolute Gasteiger partial charge is 0.0320 e. The Kier molecular flexibility index (Phi) is 2.62. The second-order valence-electron chi connectivity index (χ2n) is 5.87. The van der Waals surface area contributed by atoms with Crippen LogP contribution in [0, 0.1) is 0 Å². The van der Waals surface area contributed by atoms with Crippen molar-refractivity contribution < 1.29 is 0 Å². The zero-order valence-electron chi connectivity index (χ0n) is 10.9. The molecule has 0 fully saturated rings. The summed E-state index contributed by atoms with van der Waals surface area (Å²) in [5.41, 5.74) is 11.6. The highest BCUT2D eigenvalue weighted by Gasteiger charge is 2.30. The maximum Gasteiger partial charge on any atom is 0.0320 e. The van der Waals surface area contributed by atoms with Crippen LogP contribution in [0.2, 0.25) is 0 Å². The zero-order chi connectivity index (χ0) is 12.0. The number of rotatable bonds is 1. The first-order valence-corrected chi connectivity index (χ1v) is 6.80. The predicted octanol–water partition coefficient (Wildman–Crippen LogP) is 2.91. The van der Waals surface area contributed by atoms with Crippen molar-refractivity contribution in [1.82, 2.24) is 4.90 Å². The van der Waals surface area contributed by atoms with Crippen molar-refractivity contribution in [2.24, 2.45) is 0 Å². The van der Waals surface area contributed by atoms with E-state index in [1.807, 2.05) is 0 Å². The van der Waals surface area contributed by atoms with E-state index in [1.165, 1.54) is 36.9 Å². The van der Waals surface area contributed by atoms with Gasteiger partial charge in [-0.15, -0.1) is 0 Å². The SMILES string of the molecule is CC(C)N1Cc2cc(N)cc3c2[C@@H](CCC3)C1. The molecule has 0 saturated carbocycles. The fourth-order valence-corrected chi connectivity index (χ4v) is 3.49. The molecular formula is C15H22N2. The van der Waals surface area contributed by atoms with Gasteiger partial charge in [0.15, 0.2) is 0 Å². The molecule has 0 radical (unpaired) electrons. The van der Waals surface area contributed by atoms with E-state index < -0.39 is 0 Å². The van der Waals surface area contributed by atoms with Crippen LogP contribution >= 0.6 is 0 Å². The lowest BCUT2D eigenvalue weighted by Gasteiger charge is -2.40. The van der Waals surface area contributed by atoms with Crippen LogP contribution in [0.1, 0.15) is 49.3 Å². The molecule has 1 aliphatic carbocycles. The summed E-state index contributed by atoms with van der Waals surface area (Å²) in [5, 5.41) is 0. The number of benzene rings is 1. The van der Waals surface area contributed by atoms with Gasteiger partial charge in [-0.3, -0.25) is 4.90 Å². The molecule has 0 bridgehead atoms. The molecule has 1 heterocycles. The monoisotopic (exact) mass is 230 g/mol. The molecule has 0 saturated heterocycles. The topological polar surface area (TPSA) is 29.3 Å². The first-order chi connectivity index (χ1) is 8.15. The number of aryl methyl sites for hydroxylation is 1. The summed E-state index contributed by atoms with van der Waals surface area (Å²) in [6.07, 6.45) is 3.91. The van der Waals surface area contributed by atoms with Crippen molar-refractivity contribution in [3.8, 4) is 0 Å². The van der Waals surface area contributed by atoms with Crippen molar-refractivity contribution in [1.29, 1.82) is 0 Å². The Hall–Kier alpha value is -1.02. The Labute approximate surface area is 104 Å². The third-order valence-corrected chi connectivity index (χ3v) is 4.34. The van der Waals surface area contributed by atoms with Gasteiger partial charge in [0.2, 0.25) is 0 Å². The van der Waals surface area contributed by atoms with Crippen molar-refractivity contribution in [3.63, 3.8) is 0 Å². The molecule has 1 atom stereocenters. The largest absolute Gasteiger partial charge is 0.399 e. The van der Waals surface area contributed by atoms with Gasteiger partial charge in [0.25, 0.3) is 0 Å². The van der Waals surface area contributed by atoms with Crippen molar-refractivity contribution in [3.05, 3.63) is 28.8 Å². The first kappa shape index (κ1) is 11.1. The lowest BCUT2D eigenvalue weighted by molar-refractivity contribution is 0.176. The van der Waals surface area contributed by atoms with Crippen LogP contribution in [0.15, 0.2) is 12.1 Å². The third-order valence-electron chi connectivity index (χ3n) is 4.34. The molecular weight excluding hydrogens is 208 g/mol. The lowest BCUT2D eigenvalue weighted by Crippen LogP contribution is -2.39. The van der Waals surface area contributed by atoms with Gasteiger partial charge in [-0.1, -0.05) is 0 Å². The van der Waals surface area contributed by atoms with Crippen LogP contribution < -0.4 is 5.73 Å². The van der Waals surface area contributed by atoms with E-state index in [2.05, 4.69) is 30.9 Å². The van der Waals surface area contributed by atoms with Crippen LogP contribution in [-0.2, 0) is 13.0 Å². The molecule has 3 rings (SSSR count). The molecule has 0 unspecified atom stereocenters. The number of hydrogen-bond acceptors (Lipinski definition) is 2. The van der Waals surface area contributed by atoms with Crippen LogP contribution in [0.3, 0.4) is 0 Å². The van der Waals surface area contributed by atoms with Crippen LogP contribution in [0.25, 0.3) is 0 Å².